The van der Waals surface area contributed by atoms with E-state index in [2.05, 4.69) is 20.6 Å². The van der Waals surface area contributed by atoms with Crippen molar-refractivity contribution in [3.05, 3.63) is 174 Å². The van der Waals surface area contributed by atoms with E-state index in [-0.39, 0.29) is 11.9 Å². The molecule has 10 nitrogen and oxygen atoms in total. The van der Waals surface area contributed by atoms with Crippen molar-refractivity contribution in [2.24, 2.45) is 5.73 Å². The summed E-state index contributed by atoms with van der Waals surface area (Å²) in [4.78, 5) is 48.8. The number of likely N-dealkylation sites (N-methyl/N-ethyl adjacent to an activating group) is 1. The zero-order chi connectivity index (χ0) is 38.7. The normalized spacial score (nSPS) is 10.5. The first-order chi connectivity index (χ1) is 25.9. The van der Waals surface area contributed by atoms with E-state index in [0.717, 1.165) is 65.7 Å². The molecule has 1 unspecified atom stereocenters. The van der Waals surface area contributed by atoms with Gasteiger partial charge in [-0.3, -0.25) is 19.4 Å². The molecule has 0 fully saturated rings. The van der Waals surface area contributed by atoms with Crippen LogP contribution in [0, 0.1) is 0 Å². The topological polar surface area (TPSA) is 167 Å². The second-order valence-corrected chi connectivity index (χ2v) is 11.3. The number of benzene rings is 4. The molecule has 2 amide bonds. The lowest BCUT2D eigenvalue weighted by atomic mass is 9.77. The van der Waals surface area contributed by atoms with E-state index in [1.165, 1.54) is 6.20 Å². The number of primary amides is 1. The quantitative estimate of drug-likeness (QED) is 0.0766. The van der Waals surface area contributed by atoms with Crippen LogP contribution in [-0.4, -0.2) is 60.2 Å². The number of amides is 2. The minimum Gasteiger partial charge on any atom is -0.400 e. The number of aromatic nitrogens is 2. The van der Waals surface area contributed by atoms with Crippen LogP contribution in [0.2, 0.25) is 0 Å². The SMILES string of the molecule is CCCC=O.CNC(Cc1c[nH]c2ccccc12)C(N)=O.CO.O=CNC(c1ccccc1)(c1ccccc1)c1ccccc1.O=Cc1cccnc1. The molecule has 6 rings (SSSR count). The van der Waals surface area contributed by atoms with Gasteiger partial charge in [0.1, 0.15) is 11.8 Å². The predicted octanol–water partition coefficient (Wildman–Crippen LogP) is 6.00. The molecule has 4 aromatic carbocycles. The van der Waals surface area contributed by atoms with Gasteiger partial charge in [-0.05, 0) is 60.3 Å². The van der Waals surface area contributed by atoms with Crippen LogP contribution in [0.15, 0.2) is 146 Å². The molecule has 0 spiro atoms. The van der Waals surface area contributed by atoms with Crippen molar-refractivity contribution >= 4 is 35.8 Å². The number of para-hydroxylation sites is 1. The summed E-state index contributed by atoms with van der Waals surface area (Å²) in [7, 11) is 2.74. The molecule has 53 heavy (non-hydrogen) atoms. The fourth-order valence-corrected chi connectivity index (χ4v) is 5.33. The average molecular weight is 716 g/mol. The van der Waals surface area contributed by atoms with Crippen LogP contribution < -0.4 is 16.4 Å². The third kappa shape index (κ3) is 13.1. The molecule has 6 aromatic rings. The van der Waals surface area contributed by atoms with Gasteiger partial charge in [0.2, 0.25) is 12.3 Å². The summed E-state index contributed by atoms with van der Waals surface area (Å²) >= 11 is 0. The van der Waals surface area contributed by atoms with E-state index in [9.17, 15) is 19.2 Å². The van der Waals surface area contributed by atoms with Crippen LogP contribution >= 0.6 is 0 Å². The summed E-state index contributed by atoms with van der Waals surface area (Å²) < 4.78 is 0. The Hall–Kier alpha value is -6.23. The Kier molecular flexibility index (Phi) is 20.1. The first-order valence-electron chi connectivity index (χ1n) is 17.1. The fraction of sp³-hybridized carbons (Fsp3) is 0.186. The number of aromatic amines is 1. The number of H-pyrrole nitrogens is 1. The molecule has 0 bridgehead atoms. The molecule has 0 radical (unpaired) electrons. The number of unbranched alkanes of at least 4 members (excludes halogenated alkanes) is 1. The second-order valence-electron chi connectivity index (χ2n) is 11.3. The highest BCUT2D eigenvalue weighted by Crippen LogP contribution is 2.36. The number of nitrogens with two attached hydrogens (primary N) is 1. The number of aliphatic hydroxyl groups is 1. The van der Waals surface area contributed by atoms with E-state index in [4.69, 9.17) is 10.8 Å². The highest BCUT2D eigenvalue weighted by atomic mass is 16.2. The molecule has 276 valence electrons. The number of hydrogen-bond donors (Lipinski definition) is 5. The predicted molar refractivity (Wildman–Crippen MR) is 211 cm³/mol. The van der Waals surface area contributed by atoms with Gasteiger partial charge >= 0.3 is 0 Å². The van der Waals surface area contributed by atoms with Crippen molar-refractivity contribution in [3.63, 3.8) is 0 Å². The smallest absolute Gasteiger partial charge is 0.234 e. The minimum atomic E-state index is -0.689. The Balaban J connectivity index is 0.000000273. The average Bonchev–Trinajstić information content (AvgIpc) is 3.64. The van der Waals surface area contributed by atoms with Crippen LogP contribution in [0.1, 0.15) is 52.4 Å². The largest absolute Gasteiger partial charge is 0.400 e. The molecule has 0 aliphatic carbocycles. The van der Waals surface area contributed by atoms with Crippen molar-refractivity contribution in [1.82, 2.24) is 20.6 Å². The number of pyridine rings is 1. The van der Waals surface area contributed by atoms with Gasteiger partial charge in [-0.2, -0.15) is 0 Å². The maximum Gasteiger partial charge on any atom is 0.234 e. The fourth-order valence-electron chi connectivity index (χ4n) is 5.33. The zero-order valence-corrected chi connectivity index (χ0v) is 30.4. The van der Waals surface area contributed by atoms with Crippen molar-refractivity contribution in [2.75, 3.05) is 14.2 Å². The third-order valence-corrected chi connectivity index (χ3v) is 7.91. The van der Waals surface area contributed by atoms with Crippen LogP contribution in [-0.2, 0) is 26.3 Å². The molecular formula is C43H49N5O5. The van der Waals surface area contributed by atoms with E-state index in [0.29, 0.717) is 18.4 Å². The summed E-state index contributed by atoms with van der Waals surface area (Å²) in [6.07, 6.45) is 9.84. The number of carbonyl (C=O) groups excluding carboxylic acids is 4. The minimum absolute atomic E-state index is 0.320. The van der Waals surface area contributed by atoms with Crippen molar-refractivity contribution in [1.29, 1.82) is 0 Å². The maximum absolute atomic E-state index is 11.4. The monoisotopic (exact) mass is 715 g/mol. The maximum atomic E-state index is 11.4. The Morgan fingerprint density at radius 2 is 1.34 bits per heavy atom. The van der Waals surface area contributed by atoms with Gasteiger partial charge in [-0.25, -0.2) is 0 Å². The van der Waals surface area contributed by atoms with Crippen LogP contribution in [0.5, 0.6) is 0 Å². The van der Waals surface area contributed by atoms with Crippen molar-refractivity contribution in [2.45, 2.75) is 37.8 Å². The zero-order valence-electron chi connectivity index (χ0n) is 30.4. The van der Waals surface area contributed by atoms with Gasteiger partial charge in [0, 0.05) is 48.6 Å². The van der Waals surface area contributed by atoms with Gasteiger partial charge in [0.05, 0.1) is 6.04 Å². The molecule has 2 aromatic heterocycles. The summed E-state index contributed by atoms with van der Waals surface area (Å²) in [5.41, 5.74) is 10.5. The van der Waals surface area contributed by atoms with Crippen LogP contribution in [0.25, 0.3) is 10.9 Å². The van der Waals surface area contributed by atoms with Gasteiger partial charge in [-0.1, -0.05) is 116 Å². The van der Waals surface area contributed by atoms with Crippen molar-refractivity contribution < 1.29 is 24.3 Å². The lowest BCUT2D eigenvalue weighted by Gasteiger charge is -2.35. The first kappa shape index (κ1) is 42.9. The number of nitrogens with zero attached hydrogens (tertiary/aromatic N) is 1. The summed E-state index contributed by atoms with van der Waals surface area (Å²) in [5, 5.41) is 14.1. The molecule has 0 saturated heterocycles. The molecule has 0 saturated carbocycles. The molecular weight excluding hydrogens is 667 g/mol. The lowest BCUT2D eigenvalue weighted by molar-refractivity contribution is -0.119. The second kappa shape index (κ2) is 24.8. The number of carbonyl (C=O) groups is 4. The Labute approximate surface area is 311 Å². The van der Waals surface area contributed by atoms with Gasteiger partial charge in [0.25, 0.3) is 0 Å². The highest BCUT2D eigenvalue weighted by Gasteiger charge is 2.35. The molecule has 0 aliphatic heterocycles. The Morgan fingerprint density at radius 1 is 0.811 bits per heavy atom. The summed E-state index contributed by atoms with van der Waals surface area (Å²) in [6, 6.07) is 41.2. The van der Waals surface area contributed by atoms with Crippen LogP contribution in [0.4, 0.5) is 0 Å². The first-order valence-corrected chi connectivity index (χ1v) is 17.1. The molecule has 1 atom stereocenters. The van der Waals surface area contributed by atoms with E-state index in [1.807, 2.05) is 128 Å². The molecule has 0 aliphatic rings. The number of rotatable bonds is 12. The van der Waals surface area contributed by atoms with E-state index in [1.54, 1.807) is 25.4 Å². The molecule has 6 N–H and O–H groups in total. The Bertz CT molecular complexity index is 1790. The lowest BCUT2D eigenvalue weighted by Crippen LogP contribution is -2.43. The van der Waals surface area contributed by atoms with E-state index < -0.39 is 5.54 Å². The summed E-state index contributed by atoms with van der Waals surface area (Å²) in [6.45, 7) is 1.98. The number of aliphatic hydroxyl groups excluding tert-OH is 1. The van der Waals surface area contributed by atoms with Crippen LogP contribution in [0.3, 0.4) is 0 Å². The van der Waals surface area contributed by atoms with Gasteiger partial charge in [0.15, 0.2) is 6.29 Å². The molecule has 10 heteroatoms. The van der Waals surface area contributed by atoms with Gasteiger partial charge in [-0.15, -0.1) is 0 Å². The highest BCUT2D eigenvalue weighted by molar-refractivity contribution is 5.85. The van der Waals surface area contributed by atoms with Crippen molar-refractivity contribution in [3.8, 4) is 0 Å². The number of nitrogens with one attached hydrogen (secondary N) is 3. The molecule has 2 heterocycles. The van der Waals surface area contributed by atoms with Gasteiger partial charge < -0.3 is 31.3 Å². The third-order valence-electron chi connectivity index (χ3n) is 7.91. The number of aldehydes is 2. The van der Waals surface area contributed by atoms with E-state index >= 15 is 0 Å². The summed E-state index contributed by atoms with van der Waals surface area (Å²) in [5.74, 6) is -0.326. The number of fused-ring (bicyclic) bond motifs is 1. The Morgan fingerprint density at radius 3 is 1.72 bits per heavy atom. The number of hydrogen-bond acceptors (Lipinski definition) is 7. The standard InChI is InChI=1S/C20H17NO.C12H15N3O.C6H5NO.C4H8O.CH4O/c22-16-21-20(17-10-4-1-5-11-17,18-12-6-2-7-13-18)19-14-8-3-9-15-19;1-14-11(12(13)16)6-8-7-15-10-5-3-2-4-9(8)10;8-5-6-2-1-3-7-4-6;1-2-3-4-5;1-2/h1-16H,(H,21,22);2-5,7,11,14-15H,6H2,1H3,(H2,13,16);1-5H;4H,2-3H2,1H3;2H,1H3.